The molecule has 0 saturated heterocycles. The van der Waals surface area contributed by atoms with Crippen LogP contribution in [0.5, 0.6) is 0 Å². The minimum absolute atomic E-state index is 0.105. The lowest BCUT2D eigenvalue weighted by Crippen LogP contribution is -2.23. The van der Waals surface area contributed by atoms with E-state index in [0.29, 0.717) is 17.9 Å². The first kappa shape index (κ1) is 20.6. The van der Waals surface area contributed by atoms with Gasteiger partial charge >= 0.3 is 5.97 Å². The largest absolute Gasteiger partial charge is 0.462 e. The number of nitrogens with one attached hydrogen (secondary N) is 1. The summed E-state index contributed by atoms with van der Waals surface area (Å²) in [6.45, 7) is 4.22. The van der Waals surface area contributed by atoms with E-state index in [-0.39, 0.29) is 4.90 Å². The summed E-state index contributed by atoms with van der Waals surface area (Å²) in [5.41, 5.74) is 1.72. The molecular weight excluding hydrogens is 366 g/mol. The van der Waals surface area contributed by atoms with Crippen LogP contribution in [0.25, 0.3) is 0 Å². The van der Waals surface area contributed by atoms with E-state index in [1.807, 2.05) is 13.8 Å². The Labute approximate surface area is 159 Å². The maximum Gasteiger partial charge on any atom is 0.338 e. The third-order valence-electron chi connectivity index (χ3n) is 3.84. The van der Waals surface area contributed by atoms with Crippen molar-refractivity contribution in [1.29, 1.82) is 0 Å². The molecule has 0 fully saturated rings. The van der Waals surface area contributed by atoms with Crippen LogP contribution < -0.4 is 5.32 Å². The molecule has 0 aromatic heterocycles. The van der Waals surface area contributed by atoms with Crippen molar-refractivity contribution in [3.05, 3.63) is 59.7 Å². The second-order valence-corrected chi connectivity index (χ2v) is 8.18. The molecule has 0 heterocycles. The molecule has 1 amide bonds. The van der Waals surface area contributed by atoms with Crippen LogP contribution in [0.3, 0.4) is 0 Å². The number of carbonyl (C=O) groups is 2. The van der Waals surface area contributed by atoms with Crippen LogP contribution in [-0.4, -0.2) is 32.7 Å². The average molecular weight is 389 g/mol. The van der Waals surface area contributed by atoms with Gasteiger partial charge in [-0.15, -0.1) is 0 Å². The van der Waals surface area contributed by atoms with Gasteiger partial charge in [-0.1, -0.05) is 31.0 Å². The van der Waals surface area contributed by atoms with Crippen molar-refractivity contribution in [1.82, 2.24) is 0 Å². The summed E-state index contributed by atoms with van der Waals surface area (Å²) in [6.07, 6.45) is 1.74. The van der Waals surface area contributed by atoms with Gasteiger partial charge in [-0.05, 0) is 49.7 Å². The Bertz CT molecular complexity index is 887. The molecule has 0 radical (unpaired) electrons. The van der Waals surface area contributed by atoms with E-state index in [1.165, 1.54) is 36.4 Å². The van der Waals surface area contributed by atoms with Crippen LogP contribution in [0.4, 0.5) is 5.69 Å². The highest BCUT2D eigenvalue weighted by Crippen LogP contribution is 2.14. The Kier molecular flexibility index (Phi) is 7.12. The van der Waals surface area contributed by atoms with Gasteiger partial charge in [-0.3, -0.25) is 4.79 Å². The number of ether oxygens (including phenoxy) is 1. The summed E-state index contributed by atoms with van der Waals surface area (Å²) in [5, 5.41) is 2.53. The molecule has 0 atom stereocenters. The first-order chi connectivity index (χ1) is 12.8. The number of hydrogen-bond donors (Lipinski definition) is 1. The summed E-state index contributed by atoms with van der Waals surface area (Å²) in [7, 11) is -3.72. The molecule has 27 heavy (non-hydrogen) atoms. The first-order valence-corrected chi connectivity index (χ1v) is 10.3. The van der Waals surface area contributed by atoms with Crippen LogP contribution in [-0.2, 0) is 19.4 Å². The van der Waals surface area contributed by atoms with Gasteiger partial charge in [0.1, 0.15) is 5.75 Å². The molecule has 1 N–H and O–H groups in total. The Morgan fingerprint density at radius 1 is 1.00 bits per heavy atom. The van der Waals surface area contributed by atoms with Gasteiger partial charge in [0.05, 0.1) is 17.1 Å². The fourth-order valence-corrected chi connectivity index (χ4v) is 3.42. The number of unbranched alkanes of at least 4 members (excludes halogenated alkanes) is 1. The van der Waals surface area contributed by atoms with Crippen molar-refractivity contribution >= 4 is 27.4 Å². The van der Waals surface area contributed by atoms with Crippen molar-refractivity contribution in [2.24, 2.45) is 0 Å². The number of esters is 1. The lowest BCUT2D eigenvalue weighted by Gasteiger charge is -2.08. The van der Waals surface area contributed by atoms with Crippen molar-refractivity contribution in [3.63, 3.8) is 0 Å². The molecule has 0 aliphatic carbocycles. The van der Waals surface area contributed by atoms with Crippen molar-refractivity contribution < 1.29 is 22.7 Å². The number of aryl methyl sites for hydroxylation is 1. The van der Waals surface area contributed by atoms with E-state index in [1.54, 1.807) is 12.1 Å². The third kappa shape index (κ3) is 6.21. The predicted molar refractivity (Wildman–Crippen MR) is 103 cm³/mol. The Morgan fingerprint density at radius 3 is 2.22 bits per heavy atom. The van der Waals surface area contributed by atoms with E-state index in [0.717, 1.165) is 18.4 Å². The highest BCUT2D eigenvalue weighted by atomic mass is 32.2. The Balaban J connectivity index is 1.95. The van der Waals surface area contributed by atoms with Crippen molar-refractivity contribution in [2.75, 3.05) is 17.7 Å². The summed E-state index contributed by atoms with van der Waals surface area (Å²) < 4.78 is 29.7. The van der Waals surface area contributed by atoms with Gasteiger partial charge in [0.25, 0.3) is 0 Å². The number of sulfone groups is 1. The number of rotatable bonds is 8. The summed E-state index contributed by atoms with van der Waals surface area (Å²) in [5.74, 6) is -1.73. The van der Waals surface area contributed by atoms with Gasteiger partial charge in [0, 0.05) is 5.69 Å². The fourth-order valence-electron chi connectivity index (χ4n) is 2.28. The summed E-state index contributed by atoms with van der Waals surface area (Å²) in [6, 6.07) is 12.5. The number of hydrogen-bond acceptors (Lipinski definition) is 5. The van der Waals surface area contributed by atoms with Gasteiger partial charge in [0.2, 0.25) is 5.91 Å². The number of anilines is 1. The monoisotopic (exact) mass is 389 g/mol. The van der Waals surface area contributed by atoms with Crippen LogP contribution in [0.15, 0.2) is 53.4 Å². The molecule has 2 aromatic carbocycles. The minimum Gasteiger partial charge on any atom is -0.462 e. The first-order valence-electron chi connectivity index (χ1n) is 8.68. The van der Waals surface area contributed by atoms with E-state index in [9.17, 15) is 18.0 Å². The van der Waals surface area contributed by atoms with E-state index >= 15 is 0 Å². The Hall–Kier alpha value is -2.67. The molecule has 0 spiro atoms. The second-order valence-electron chi connectivity index (χ2n) is 6.19. The summed E-state index contributed by atoms with van der Waals surface area (Å²) >= 11 is 0. The van der Waals surface area contributed by atoms with Gasteiger partial charge in [-0.2, -0.15) is 0 Å². The molecule has 0 aliphatic rings. The summed E-state index contributed by atoms with van der Waals surface area (Å²) in [4.78, 5) is 24.0. The Morgan fingerprint density at radius 2 is 1.63 bits per heavy atom. The molecule has 2 aromatic rings. The topological polar surface area (TPSA) is 89.5 Å². The maximum absolute atomic E-state index is 12.3. The average Bonchev–Trinajstić information content (AvgIpc) is 2.62. The molecule has 0 aliphatic heterocycles. The smallest absolute Gasteiger partial charge is 0.338 e. The molecule has 0 bridgehead atoms. The standard InChI is InChI=1S/C20H23NO5S/c1-3-4-13-26-20(23)16-7-9-17(10-8-16)21-19(22)14-27(24,25)18-11-5-15(2)6-12-18/h5-12H,3-4,13-14H2,1-2H3,(H,21,22). The lowest BCUT2D eigenvalue weighted by atomic mass is 10.2. The molecule has 6 nitrogen and oxygen atoms in total. The van der Waals surface area contributed by atoms with E-state index in [2.05, 4.69) is 5.32 Å². The van der Waals surface area contributed by atoms with E-state index in [4.69, 9.17) is 4.74 Å². The van der Waals surface area contributed by atoms with Gasteiger partial charge < -0.3 is 10.1 Å². The van der Waals surface area contributed by atoms with Crippen LogP contribution in [0.2, 0.25) is 0 Å². The van der Waals surface area contributed by atoms with Crippen LogP contribution in [0.1, 0.15) is 35.7 Å². The SMILES string of the molecule is CCCCOC(=O)c1ccc(NC(=O)CS(=O)(=O)c2ccc(C)cc2)cc1. The predicted octanol–water partition coefficient (Wildman–Crippen LogP) is 3.36. The number of carbonyl (C=O) groups excluding carboxylic acids is 2. The zero-order valence-corrected chi connectivity index (χ0v) is 16.2. The zero-order valence-electron chi connectivity index (χ0n) is 15.4. The molecule has 2 rings (SSSR count). The second kappa shape index (κ2) is 9.32. The highest BCUT2D eigenvalue weighted by molar-refractivity contribution is 7.92. The van der Waals surface area contributed by atoms with Gasteiger partial charge in [0.15, 0.2) is 9.84 Å². The molecule has 7 heteroatoms. The molecule has 144 valence electrons. The van der Waals surface area contributed by atoms with Crippen molar-refractivity contribution in [2.45, 2.75) is 31.6 Å². The van der Waals surface area contributed by atoms with Gasteiger partial charge in [-0.25, -0.2) is 13.2 Å². The maximum atomic E-state index is 12.3. The zero-order chi connectivity index (χ0) is 19.9. The highest BCUT2D eigenvalue weighted by Gasteiger charge is 2.19. The van der Waals surface area contributed by atoms with Crippen LogP contribution >= 0.6 is 0 Å². The van der Waals surface area contributed by atoms with Crippen molar-refractivity contribution in [3.8, 4) is 0 Å². The normalized spacial score (nSPS) is 11.0. The molecule has 0 saturated carbocycles. The third-order valence-corrected chi connectivity index (χ3v) is 5.47. The minimum atomic E-state index is -3.72. The van der Waals surface area contributed by atoms with Crippen LogP contribution in [0, 0.1) is 6.92 Å². The van der Waals surface area contributed by atoms with E-state index < -0.39 is 27.5 Å². The molecular formula is C20H23NO5S. The fraction of sp³-hybridized carbons (Fsp3) is 0.300. The lowest BCUT2D eigenvalue weighted by molar-refractivity contribution is -0.113. The molecule has 0 unspecified atom stereocenters. The quantitative estimate of drug-likeness (QED) is 0.552. The number of benzene rings is 2. The number of amides is 1.